The van der Waals surface area contributed by atoms with Gasteiger partial charge in [-0.1, -0.05) is 0 Å². The number of hydrogen-bond donors (Lipinski definition) is 2. The lowest BCUT2D eigenvalue weighted by molar-refractivity contribution is 0.0423. The van der Waals surface area contributed by atoms with E-state index < -0.39 is 0 Å². The molecule has 0 radical (unpaired) electrons. The third-order valence-electron chi connectivity index (χ3n) is 3.81. The van der Waals surface area contributed by atoms with E-state index in [9.17, 15) is 0 Å². The van der Waals surface area contributed by atoms with Crippen LogP contribution in [0, 0.1) is 0 Å². The van der Waals surface area contributed by atoms with Gasteiger partial charge in [-0.3, -0.25) is 5.43 Å². The van der Waals surface area contributed by atoms with Gasteiger partial charge in [-0.25, -0.2) is 10.8 Å². The van der Waals surface area contributed by atoms with E-state index in [1.54, 1.807) is 7.11 Å². The Morgan fingerprint density at radius 1 is 1.39 bits per heavy atom. The molecule has 0 aromatic heterocycles. The fourth-order valence-electron chi connectivity index (χ4n) is 2.37. The molecule has 6 heteroatoms. The lowest BCUT2D eigenvalue weighted by atomic mass is 9.75. The number of hydrazine groups is 1. The monoisotopic (exact) mass is 257 g/mol. The molecule has 0 amide bonds. The number of nitrogens with two attached hydrogens (primary N) is 1. The van der Waals surface area contributed by atoms with E-state index in [4.69, 9.17) is 10.6 Å². The maximum absolute atomic E-state index is 5.53. The summed E-state index contributed by atoms with van der Waals surface area (Å²) in [6, 6.07) is 0. The molecule has 3 N–H and O–H groups in total. The second-order valence-electron chi connectivity index (χ2n) is 5.17. The van der Waals surface area contributed by atoms with Gasteiger partial charge in [0, 0.05) is 26.2 Å². The van der Waals surface area contributed by atoms with Crippen molar-refractivity contribution in [2.75, 3.05) is 47.9 Å². The number of hydrogen-bond acceptors (Lipinski definition) is 4. The number of nitrogens with one attached hydrogen (secondary N) is 1. The van der Waals surface area contributed by atoms with Gasteiger partial charge in [0.25, 0.3) is 0 Å². The third kappa shape index (κ3) is 3.57. The molecular weight excluding hydrogens is 230 g/mol. The molecule has 1 aliphatic carbocycles. The Bertz CT molecular complexity index is 276. The predicted octanol–water partition coefficient (Wildman–Crippen LogP) is -0.132. The van der Waals surface area contributed by atoms with Crippen LogP contribution in [0.2, 0.25) is 0 Å². The first-order valence-electron chi connectivity index (χ1n) is 6.44. The summed E-state index contributed by atoms with van der Waals surface area (Å²) in [5.41, 5.74) is 2.94. The number of likely N-dealkylation sites (N-methyl/N-ethyl adjacent to an activating group) is 2. The van der Waals surface area contributed by atoms with Gasteiger partial charge < -0.3 is 14.5 Å². The zero-order valence-electron chi connectivity index (χ0n) is 12.1. The van der Waals surface area contributed by atoms with Crippen LogP contribution >= 0.6 is 0 Å². The summed E-state index contributed by atoms with van der Waals surface area (Å²) in [7, 11) is 7.98. The van der Waals surface area contributed by atoms with Crippen molar-refractivity contribution >= 4 is 5.96 Å². The molecule has 6 nitrogen and oxygen atoms in total. The van der Waals surface area contributed by atoms with Crippen molar-refractivity contribution in [1.29, 1.82) is 0 Å². The second kappa shape index (κ2) is 6.92. The van der Waals surface area contributed by atoms with Crippen molar-refractivity contribution in [3.63, 3.8) is 0 Å². The Hall–Kier alpha value is -0.850. The molecule has 106 valence electrons. The van der Waals surface area contributed by atoms with Crippen LogP contribution < -0.4 is 11.3 Å². The predicted molar refractivity (Wildman–Crippen MR) is 74.4 cm³/mol. The van der Waals surface area contributed by atoms with E-state index in [-0.39, 0.29) is 5.54 Å². The van der Waals surface area contributed by atoms with Crippen LogP contribution in [0.5, 0.6) is 0 Å². The van der Waals surface area contributed by atoms with Crippen molar-refractivity contribution in [2.45, 2.75) is 24.8 Å². The van der Waals surface area contributed by atoms with E-state index in [1.807, 2.05) is 7.05 Å². The van der Waals surface area contributed by atoms with Crippen molar-refractivity contribution < 1.29 is 4.74 Å². The van der Waals surface area contributed by atoms with E-state index in [0.29, 0.717) is 13.2 Å². The van der Waals surface area contributed by atoms with Gasteiger partial charge in [-0.2, -0.15) is 0 Å². The second-order valence-corrected chi connectivity index (χ2v) is 5.17. The molecule has 1 fully saturated rings. The SMILES string of the molecule is COCCN=C(NN)N(C)CC1(N(C)C)CCC1. The Morgan fingerprint density at radius 2 is 2.06 bits per heavy atom. The highest BCUT2D eigenvalue weighted by Gasteiger charge is 2.40. The van der Waals surface area contributed by atoms with Crippen LogP contribution in [-0.4, -0.2) is 69.2 Å². The minimum Gasteiger partial charge on any atom is -0.383 e. The quantitative estimate of drug-likeness (QED) is 0.228. The first kappa shape index (κ1) is 15.2. The normalized spacial score (nSPS) is 18.7. The standard InChI is InChI=1S/C12H27N5O/c1-16(2)12(6-5-7-12)10-17(3)11(15-13)14-8-9-18-4/h5-10,13H2,1-4H3,(H,14,15). The van der Waals surface area contributed by atoms with Crippen molar-refractivity contribution in [1.82, 2.24) is 15.2 Å². The number of methoxy groups -OCH3 is 1. The van der Waals surface area contributed by atoms with E-state index in [1.165, 1.54) is 19.3 Å². The molecule has 1 aliphatic rings. The summed E-state index contributed by atoms with van der Waals surface area (Å²) in [4.78, 5) is 8.80. The lowest BCUT2D eigenvalue weighted by Crippen LogP contribution is -2.59. The molecule has 1 rings (SSSR count). The van der Waals surface area contributed by atoms with Crippen LogP contribution in [0.1, 0.15) is 19.3 Å². The number of guanidine groups is 1. The van der Waals surface area contributed by atoms with Gasteiger partial charge in [0.15, 0.2) is 0 Å². The Kier molecular flexibility index (Phi) is 5.84. The number of ether oxygens (including phenoxy) is 1. The molecule has 0 unspecified atom stereocenters. The van der Waals surface area contributed by atoms with E-state index >= 15 is 0 Å². The maximum atomic E-state index is 5.53. The summed E-state index contributed by atoms with van der Waals surface area (Å²) in [6.45, 7) is 2.17. The van der Waals surface area contributed by atoms with Gasteiger partial charge in [-0.15, -0.1) is 0 Å². The molecule has 18 heavy (non-hydrogen) atoms. The minimum atomic E-state index is 0.271. The third-order valence-corrected chi connectivity index (χ3v) is 3.81. The van der Waals surface area contributed by atoms with E-state index in [0.717, 1.165) is 12.5 Å². The van der Waals surface area contributed by atoms with Crippen molar-refractivity contribution in [2.24, 2.45) is 10.8 Å². The lowest BCUT2D eigenvalue weighted by Gasteiger charge is -2.49. The topological polar surface area (TPSA) is 66.1 Å². The fourth-order valence-corrected chi connectivity index (χ4v) is 2.37. The Balaban J connectivity index is 2.56. The van der Waals surface area contributed by atoms with Crippen LogP contribution in [0.4, 0.5) is 0 Å². The number of rotatable bonds is 6. The van der Waals surface area contributed by atoms with Crippen molar-refractivity contribution in [3.05, 3.63) is 0 Å². The smallest absolute Gasteiger partial charge is 0.208 e. The first-order valence-corrected chi connectivity index (χ1v) is 6.44. The van der Waals surface area contributed by atoms with E-state index in [2.05, 4.69) is 34.3 Å². The largest absolute Gasteiger partial charge is 0.383 e. The number of aliphatic imine (C=N–C) groups is 1. The molecular formula is C12H27N5O. The average molecular weight is 257 g/mol. The molecule has 0 saturated heterocycles. The van der Waals surface area contributed by atoms with Gasteiger partial charge in [0.05, 0.1) is 13.2 Å². The maximum Gasteiger partial charge on any atom is 0.208 e. The molecule has 1 saturated carbocycles. The Labute approximate surface area is 110 Å². The molecule has 0 heterocycles. The fraction of sp³-hybridized carbons (Fsp3) is 0.917. The number of nitrogens with zero attached hydrogens (tertiary/aromatic N) is 3. The van der Waals surface area contributed by atoms with Crippen LogP contribution in [0.25, 0.3) is 0 Å². The summed E-state index contributed by atoms with van der Waals surface area (Å²) >= 11 is 0. The summed E-state index contributed by atoms with van der Waals surface area (Å²) in [6.07, 6.45) is 3.78. The van der Waals surface area contributed by atoms with Gasteiger partial charge >= 0.3 is 0 Å². The minimum absolute atomic E-state index is 0.271. The van der Waals surface area contributed by atoms with Gasteiger partial charge in [0.1, 0.15) is 0 Å². The highest BCUT2D eigenvalue weighted by atomic mass is 16.5. The van der Waals surface area contributed by atoms with Crippen LogP contribution in [-0.2, 0) is 4.74 Å². The highest BCUT2D eigenvalue weighted by Crippen LogP contribution is 2.36. The molecule has 0 atom stereocenters. The summed E-state index contributed by atoms with van der Waals surface area (Å²) in [5.74, 6) is 6.26. The van der Waals surface area contributed by atoms with Crippen molar-refractivity contribution in [3.8, 4) is 0 Å². The average Bonchev–Trinajstić information content (AvgIpc) is 2.28. The zero-order chi connectivity index (χ0) is 13.6. The zero-order valence-corrected chi connectivity index (χ0v) is 12.1. The first-order chi connectivity index (χ1) is 8.55. The molecule has 0 bridgehead atoms. The van der Waals surface area contributed by atoms with Crippen LogP contribution in [0.3, 0.4) is 0 Å². The summed E-state index contributed by atoms with van der Waals surface area (Å²) < 4.78 is 4.99. The molecule has 0 spiro atoms. The van der Waals surface area contributed by atoms with Crippen LogP contribution in [0.15, 0.2) is 4.99 Å². The summed E-state index contributed by atoms with van der Waals surface area (Å²) in [5, 5.41) is 0. The molecule has 0 aromatic carbocycles. The highest BCUT2D eigenvalue weighted by molar-refractivity contribution is 5.79. The Morgan fingerprint density at radius 3 is 2.44 bits per heavy atom. The van der Waals surface area contributed by atoms with Gasteiger partial charge in [-0.05, 0) is 33.4 Å². The molecule has 0 aromatic rings. The van der Waals surface area contributed by atoms with Gasteiger partial charge in [0.2, 0.25) is 5.96 Å². The molecule has 0 aliphatic heterocycles.